The van der Waals surface area contributed by atoms with Gasteiger partial charge in [-0.2, -0.15) is 13.2 Å². The van der Waals surface area contributed by atoms with Crippen LogP contribution in [0.5, 0.6) is 5.75 Å². The summed E-state index contributed by atoms with van der Waals surface area (Å²) in [6, 6.07) is 17.5. The molecule has 1 saturated carbocycles. The molecule has 1 saturated heterocycles. The fourth-order valence-corrected chi connectivity index (χ4v) is 8.44. The van der Waals surface area contributed by atoms with E-state index in [0.29, 0.717) is 76.8 Å². The molecule has 3 aliphatic carbocycles. The zero-order chi connectivity index (χ0) is 35.0. The minimum absolute atomic E-state index is 0.0364. The maximum absolute atomic E-state index is 14.2. The fourth-order valence-electron chi connectivity index (χ4n) is 8.44. The molecule has 0 amide bonds. The van der Waals surface area contributed by atoms with Gasteiger partial charge in [0.2, 0.25) is 0 Å². The molecule has 7 rings (SSSR count). The van der Waals surface area contributed by atoms with Crippen LogP contribution in [-0.2, 0) is 12.6 Å². The lowest BCUT2D eigenvalue weighted by atomic mass is 9.64. The van der Waals surface area contributed by atoms with E-state index in [-0.39, 0.29) is 17.2 Å². The van der Waals surface area contributed by atoms with Gasteiger partial charge in [-0.25, -0.2) is 0 Å². The lowest BCUT2D eigenvalue weighted by molar-refractivity contribution is -0.137. The summed E-state index contributed by atoms with van der Waals surface area (Å²) in [6.07, 6.45) is 1.11. The number of phenolic OH excluding ortho intramolecular Hbond substituents is 1. The van der Waals surface area contributed by atoms with Crippen molar-refractivity contribution in [1.82, 2.24) is 4.90 Å². The lowest BCUT2D eigenvalue weighted by Crippen LogP contribution is -2.56. The van der Waals surface area contributed by atoms with E-state index in [0.717, 1.165) is 35.4 Å². The summed E-state index contributed by atoms with van der Waals surface area (Å²) in [4.78, 5) is 18.7. The molecule has 1 aliphatic heterocycles. The molecule has 0 aromatic heterocycles. The number of nitrogens with zero attached hydrogens (tertiary/aromatic N) is 2. The predicted octanol–water partition coefficient (Wildman–Crippen LogP) is 7.50. The lowest BCUT2D eigenvalue weighted by Gasteiger charge is -2.47. The molecule has 4 aliphatic rings. The van der Waals surface area contributed by atoms with Gasteiger partial charge >= 0.3 is 6.18 Å². The number of para-hydroxylation sites is 2. The van der Waals surface area contributed by atoms with Crippen molar-refractivity contribution in [3.05, 3.63) is 106 Å². The van der Waals surface area contributed by atoms with Gasteiger partial charge in [-0.05, 0) is 99.2 Å². The molecule has 3 aromatic carbocycles. The minimum atomic E-state index is -4.59. The molecule has 0 spiro atoms. The third-order valence-corrected chi connectivity index (χ3v) is 11.4. The Morgan fingerprint density at radius 3 is 2.45 bits per heavy atom. The van der Waals surface area contributed by atoms with Crippen molar-refractivity contribution in [2.75, 3.05) is 37.6 Å². The van der Waals surface area contributed by atoms with E-state index in [1.807, 2.05) is 24.3 Å². The first kappa shape index (κ1) is 35.2. The Morgan fingerprint density at radius 1 is 0.959 bits per heavy atom. The number of hydrogen-bond donors (Lipinski definition) is 3. The van der Waals surface area contributed by atoms with Gasteiger partial charge in [0.1, 0.15) is 5.75 Å². The Labute approximate surface area is 286 Å². The highest BCUT2D eigenvalue weighted by Gasteiger charge is 2.57. The average Bonchev–Trinajstić information content (AvgIpc) is 3.32. The highest BCUT2D eigenvalue weighted by atomic mass is 19.4. The summed E-state index contributed by atoms with van der Waals surface area (Å²) in [7, 11) is 0. The van der Waals surface area contributed by atoms with Crippen LogP contribution in [0, 0.1) is 5.41 Å². The number of halogens is 3. The topological polar surface area (TPSA) is 84.2 Å². The summed E-state index contributed by atoms with van der Waals surface area (Å²) in [5.41, 5.74) is 1.17. The second kappa shape index (κ2) is 13.9. The van der Waals surface area contributed by atoms with Gasteiger partial charge in [-0.15, -0.1) is 0 Å². The molecule has 49 heavy (non-hydrogen) atoms. The van der Waals surface area contributed by atoms with Crippen LogP contribution in [0.2, 0.25) is 0 Å². The van der Waals surface area contributed by atoms with Crippen molar-refractivity contribution < 1.29 is 33.3 Å². The number of ketones is 1. The summed E-state index contributed by atoms with van der Waals surface area (Å²) < 4.78 is 41.0. The predicted molar refractivity (Wildman–Crippen MR) is 185 cm³/mol. The van der Waals surface area contributed by atoms with E-state index >= 15 is 0 Å². The zero-order valence-electron chi connectivity index (χ0n) is 28.3. The van der Waals surface area contributed by atoms with E-state index in [2.05, 4.69) is 29.7 Å². The van der Waals surface area contributed by atoms with Gasteiger partial charge < -0.3 is 20.2 Å². The molecule has 6 nitrogen and oxygen atoms in total. The molecule has 4 unspecified atom stereocenters. The normalized spacial score (nSPS) is 27.0. The number of carbonyl (C=O) groups is 1. The molecule has 3 aromatic rings. The Hall–Kier alpha value is -3.66. The number of allylic oxidation sites excluding steroid dienone is 2. The van der Waals surface area contributed by atoms with Gasteiger partial charge in [0.15, 0.2) is 5.78 Å². The standard InChI is InChI=1S/C40H47F3N2O4/c1-27-7-6-17-38(2)34(16-18-39(38,49)26-44-19-21-45(22-20-44)35-10-3-4-11-36(35)47)32-15-13-28(23-31(46)14-12-27)24-33(32)37(48)29-8-5-9-30(25-29)40(41,42)43/h3-5,7-11,13,15,24-25,31,34,46-47,49H,6,12,14,16-23,26H2,1-2H3. The highest BCUT2D eigenvalue weighted by Crippen LogP contribution is 2.59. The fraction of sp³-hybridized carbons (Fsp3) is 0.475. The third kappa shape index (κ3) is 7.30. The number of fused-ring (bicyclic) bond motifs is 8. The molecule has 1 heterocycles. The first-order valence-corrected chi connectivity index (χ1v) is 17.4. The van der Waals surface area contributed by atoms with Crippen LogP contribution in [0.3, 0.4) is 0 Å². The summed E-state index contributed by atoms with van der Waals surface area (Å²) in [5, 5.41) is 33.9. The van der Waals surface area contributed by atoms with Crippen molar-refractivity contribution in [1.29, 1.82) is 0 Å². The monoisotopic (exact) mass is 676 g/mol. The number of benzene rings is 3. The van der Waals surface area contributed by atoms with Gasteiger partial charge in [0.25, 0.3) is 0 Å². The van der Waals surface area contributed by atoms with Gasteiger partial charge in [-0.3, -0.25) is 9.69 Å². The van der Waals surface area contributed by atoms with Crippen LogP contribution in [0.1, 0.15) is 90.9 Å². The quantitative estimate of drug-likeness (QED) is 0.192. The second-order valence-corrected chi connectivity index (χ2v) is 14.6. The zero-order valence-corrected chi connectivity index (χ0v) is 28.3. The van der Waals surface area contributed by atoms with Crippen LogP contribution >= 0.6 is 0 Å². The van der Waals surface area contributed by atoms with Crippen LogP contribution in [0.4, 0.5) is 18.9 Å². The number of hydrogen-bond acceptors (Lipinski definition) is 6. The van der Waals surface area contributed by atoms with Crippen LogP contribution in [0.15, 0.2) is 78.4 Å². The third-order valence-electron chi connectivity index (χ3n) is 11.4. The summed E-state index contributed by atoms with van der Waals surface area (Å²) in [6.45, 7) is 7.49. The van der Waals surface area contributed by atoms with Gasteiger partial charge in [0, 0.05) is 49.3 Å². The number of alkyl halides is 3. The van der Waals surface area contributed by atoms with Crippen molar-refractivity contribution in [3.63, 3.8) is 0 Å². The highest BCUT2D eigenvalue weighted by molar-refractivity contribution is 6.10. The molecular formula is C40H47F3N2O4. The number of β-amino-alcohol motifs (C(OH)–C–C–N with tert-alkyl or cyclic N) is 1. The van der Waals surface area contributed by atoms with E-state index in [1.165, 1.54) is 17.7 Å². The van der Waals surface area contributed by atoms with Crippen LogP contribution in [-0.4, -0.2) is 70.4 Å². The van der Waals surface area contributed by atoms with Crippen molar-refractivity contribution in [3.8, 4) is 5.75 Å². The Kier molecular flexibility index (Phi) is 10.00. The van der Waals surface area contributed by atoms with Gasteiger partial charge in [-0.1, -0.05) is 55.0 Å². The number of phenols is 1. The van der Waals surface area contributed by atoms with Gasteiger partial charge in [0.05, 0.1) is 23.0 Å². The number of aliphatic hydroxyl groups is 2. The minimum Gasteiger partial charge on any atom is -0.506 e. The molecule has 2 bridgehead atoms. The molecule has 0 radical (unpaired) electrons. The van der Waals surface area contributed by atoms with Crippen molar-refractivity contribution >= 4 is 11.5 Å². The van der Waals surface area contributed by atoms with Crippen molar-refractivity contribution in [2.45, 2.75) is 82.6 Å². The largest absolute Gasteiger partial charge is 0.506 e. The number of aromatic hydroxyl groups is 1. The molecule has 4 atom stereocenters. The molecule has 3 N–H and O–H groups in total. The van der Waals surface area contributed by atoms with E-state index in [1.54, 1.807) is 18.2 Å². The summed E-state index contributed by atoms with van der Waals surface area (Å²) in [5.74, 6) is -0.460. The summed E-state index contributed by atoms with van der Waals surface area (Å²) >= 11 is 0. The van der Waals surface area contributed by atoms with Crippen LogP contribution in [0.25, 0.3) is 0 Å². The Morgan fingerprint density at radius 2 is 1.71 bits per heavy atom. The van der Waals surface area contributed by atoms with E-state index < -0.39 is 34.6 Å². The first-order valence-electron chi connectivity index (χ1n) is 17.4. The number of carbonyl (C=O) groups excluding carboxylic acids is 1. The first-order chi connectivity index (χ1) is 23.3. The van der Waals surface area contributed by atoms with Crippen molar-refractivity contribution in [2.24, 2.45) is 5.41 Å². The molecule has 262 valence electrons. The van der Waals surface area contributed by atoms with Crippen LogP contribution < -0.4 is 4.90 Å². The maximum atomic E-state index is 14.2. The maximum Gasteiger partial charge on any atom is 0.416 e. The molecule has 9 heteroatoms. The molecular weight excluding hydrogens is 629 g/mol. The Balaban J connectivity index is 1.35. The number of anilines is 1. The average molecular weight is 677 g/mol. The second-order valence-electron chi connectivity index (χ2n) is 14.6. The smallest absolute Gasteiger partial charge is 0.416 e. The SMILES string of the molecule is CC1=CCCC2(C)C(CCC2(O)CN2CCN(c3ccccc3O)CC2)c2ccc(cc2C(=O)c2cccc(C(F)(F)F)c2)CC(O)CC1. The van der Waals surface area contributed by atoms with E-state index in [4.69, 9.17) is 0 Å². The number of aliphatic hydroxyl groups excluding tert-OH is 1. The molecule has 2 fully saturated rings. The Bertz CT molecular complexity index is 1700. The number of rotatable bonds is 5. The van der Waals surface area contributed by atoms with E-state index in [9.17, 15) is 33.3 Å². The number of piperazine rings is 1.